The van der Waals surface area contributed by atoms with Crippen LogP contribution in [0.1, 0.15) is 90.9 Å². The molecule has 3 N–H and O–H groups in total. The van der Waals surface area contributed by atoms with Crippen LogP contribution in [0.3, 0.4) is 0 Å². The fraction of sp³-hybridized carbons (Fsp3) is 0.833. The zero-order chi connectivity index (χ0) is 22.4. The van der Waals surface area contributed by atoms with E-state index >= 15 is 0 Å². The first-order valence-corrected chi connectivity index (χ1v) is 12.7. The highest BCUT2D eigenvalue weighted by molar-refractivity contribution is 8.00. The highest BCUT2D eigenvalue weighted by atomic mass is 32.2. The molecule has 0 aromatic rings. The molecule has 0 aromatic carbocycles. The lowest BCUT2D eigenvalue weighted by atomic mass is 9.88. The van der Waals surface area contributed by atoms with Crippen LogP contribution in [-0.4, -0.2) is 50.3 Å². The van der Waals surface area contributed by atoms with Crippen LogP contribution in [0.2, 0.25) is 0 Å². The van der Waals surface area contributed by atoms with Gasteiger partial charge in [-0.15, -0.1) is 0 Å². The van der Waals surface area contributed by atoms with Gasteiger partial charge in [-0.1, -0.05) is 57.6 Å². The van der Waals surface area contributed by atoms with Crippen molar-refractivity contribution in [1.29, 1.82) is 0 Å². The standard InChI is InChI=1S/C24H42O5S/c1-3-4-9-14-24(2,29)15-10-12-20-19(11-7-5-6-8-13-23(27)28)21(26)18-22(20)30-17-16-25/h10,12,19-20,22,25,29H,3-9,11,13-18H2,1-2H3,(H,27,28)/t19-,20-,22-,24?/m1/s1. The highest BCUT2D eigenvalue weighted by Gasteiger charge is 2.40. The van der Waals surface area contributed by atoms with Crippen LogP contribution in [0.5, 0.6) is 0 Å². The summed E-state index contributed by atoms with van der Waals surface area (Å²) in [6.07, 6.45) is 14.0. The number of aliphatic carboxylic acids is 1. The van der Waals surface area contributed by atoms with Gasteiger partial charge in [0.2, 0.25) is 0 Å². The Morgan fingerprint density at radius 2 is 1.93 bits per heavy atom. The Morgan fingerprint density at radius 3 is 2.60 bits per heavy atom. The van der Waals surface area contributed by atoms with Crippen LogP contribution in [0, 0.1) is 11.8 Å². The number of thioether (sulfide) groups is 1. The molecule has 1 saturated carbocycles. The van der Waals surface area contributed by atoms with E-state index in [-0.39, 0.29) is 30.1 Å². The minimum Gasteiger partial charge on any atom is -0.481 e. The molecule has 1 rings (SSSR count). The summed E-state index contributed by atoms with van der Waals surface area (Å²) in [6, 6.07) is 0. The topological polar surface area (TPSA) is 94.8 Å². The van der Waals surface area contributed by atoms with Gasteiger partial charge in [0.15, 0.2) is 0 Å². The number of aliphatic hydroxyl groups excluding tert-OH is 1. The molecule has 6 heteroatoms. The number of carboxylic acids is 1. The Kier molecular flexibility index (Phi) is 13.6. The molecule has 1 fully saturated rings. The monoisotopic (exact) mass is 442 g/mol. The second kappa shape index (κ2) is 15.0. The maximum absolute atomic E-state index is 12.7. The first-order valence-electron chi connectivity index (χ1n) is 11.7. The molecule has 0 aromatic heterocycles. The van der Waals surface area contributed by atoms with E-state index in [1.54, 1.807) is 11.8 Å². The average Bonchev–Trinajstić information content (AvgIpc) is 2.97. The van der Waals surface area contributed by atoms with E-state index in [0.29, 0.717) is 30.8 Å². The Morgan fingerprint density at radius 1 is 1.20 bits per heavy atom. The summed E-state index contributed by atoms with van der Waals surface area (Å²) < 4.78 is 0. The highest BCUT2D eigenvalue weighted by Crippen LogP contribution is 2.41. The summed E-state index contributed by atoms with van der Waals surface area (Å²) in [5.74, 6) is 0.348. The van der Waals surface area contributed by atoms with Crippen molar-refractivity contribution in [2.45, 2.75) is 102 Å². The molecule has 1 unspecified atom stereocenters. The normalized spacial score (nSPS) is 23.9. The molecule has 174 valence electrons. The predicted molar refractivity (Wildman–Crippen MR) is 124 cm³/mol. The van der Waals surface area contributed by atoms with Crippen LogP contribution in [-0.2, 0) is 9.59 Å². The van der Waals surface area contributed by atoms with Gasteiger partial charge in [-0.2, -0.15) is 11.8 Å². The van der Waals surface area contributed by atoms with Crippen LogP contribution < -0.4 is 0 Å². The molecular weight excluding hydrogens is 400 g/mol. The van der Waals surface area contributed by atoms with Gasteiger partial charge in [-0.3, -0.25) is 9.59 Å². The zero-order valence-corrected chi connectivity index (χ0v) is 19.7. The first-order chi connectivity index (χ1) is 14.3. The second-order valence-electron chi connectivity index (χ2n) is 8.92. The number of aliphatic hydroxyl groups is 2. The second-order valence-corrected chi connectivity index (χ2v) is 10.3. The Bertz CT molecular complexity index is 532. The van der Waals surface area contributed by atoms with Gasteiger partial charge in [0.25, 0.3) is 0 Å². The van der Waals surface area contributed by atoms with Crippen LogP contribution in [0.25, 0.3) is 0 Å². The molecule has 0 bridgehead atoms. The molecule has 0 amide bonds. The Balaban J connectivity index is 2.61. The fourth-order valence-corrected chi connectivity index (χ4v) is 5.47. The van der Waals surface area contributed by atoms with E-state index in [1.807, 2.05) is 6.92 Å². The van der Waals surface area contributed by atoms with Gasteiger partial charge >= 0.3 is 5.97 Å². The van der Waals surface area contributed by atoms with Crippen LogP contribution in [0.4, 0.5) is 0 Å². The number of carbonyl (C=O) groups is 2. The average molecular weight is 443 g/mol. The summed E-state index contributed by atoms with van der Waals surface area (Å²) in [7, 11) is 0. The van der Waals surface area contributed by atoms with E-state index in [2.05, 4.69) is 19.1 Å². The van der Waals surface area contributed by atoms with Crippen LogP contribution >= 0.6 is 11.8 Å². The lowest BCUT2D eigenvalue weighted by Gasteiger charge is -2.23. The molecule has 1 aliphatic rings. The molecule has 0 heterocycles. The van der Waals surface area contributed by atoms with E-state index in [4.69, 9.17) is 5.11 Å². The summed E-state index contributed by atoms with van der Waals surface area (Å²) in [5, 5.41) is 28.7. The molecule has 0 aliphatic heterocycles. The van der Waals surface area contributed by atoms with E-state index in [9.17, 15) is 19.8 Å². The van der Waals surface area contributed by atoms with Gasteiger partial charge in [0.05, 0.1) is 12.2 Å². The number of rotatable bonds is 17. The number of unbranched alkanes of at least 4 members (excludes halogenated alkanes) is 5. The molecular formula is C24H42O5S. The number of allylic oxidation sites excluding steroid dienone is 1. The van der Waals surface area contributed by atoms with Crippen LogP contribution in [0.15, 0.2) is 12.2 Å². The van der Waals surface area contributed by atoms with E-state index < -0.39 is 11.6 Å². The third kappa shape index (κ3) is 11.0. The minimum absolute atomic E-state index is 0.00181. The number of Topliss-reactive ketones (excluding diaryl/α,β-unsaturated/α-hetero) is 1. The van der Waals surface area contributed by atoms with Crippen molar-refractivity contribution in [1.82, 2.24) is 0 Å². The maximum Gasteiger partial charge on any atom is 0.303 e. The SMILES string of the molecule is CCCCCC(C)(O)CC=C[C@H]1[C@H](SCCO)CC(=O)[C@@H]1CCCCCCC(=O)O. The third-order valence-corrected chi connectivity index (χ3v) is 7.35. The number of hydrogen-bond acceptors (Lipinski definition) is 5. The van der Waals surface area contributed by atoms with Crippen molar-refractivity contribution in [2.75, 3.05) is 12.4 Å². The minimum atomic E-state index is -0.750. The van der Waals surface area contributed by atoms with Gasteiger partial charge < -0.3 is 15.3 Å². The van der Waals surface area contributed by atoms with Gasteiger partial charge in [-0.25, -0.2) is 0 Å². The number of carboxylic acid groups (broad SMARTS) is 1. The molecule has 1 aliphatic carbocycles. The van der Waals surface area contributed by atoms with Crippen molar-refractivity contribution in [2.24, 2.45) is 11.8 Å². The Labute approximate surface area is 186 Å². The summed E-state index contributed by atoms with van der Waals surface area (Å²) in [6.45, 7) is 4.16. The van der Waals surface area contributed by atoms with Crippen molar-refractivity contribution >= 4 is 23.5 Å². The van der Waals surface area contributed by atoms with Crippen molar-refractivity contribution in [3.05, 3.63) is 12.2 Å². The third-order valence-electron chi connectivity index (χ3n) is 6.02. The molecule has 4 atom stereocenters. The largest absolute Gasteiger partial charge is 0.481 e. The fourth-order valence-electron chi connectivity index (χ4n) is 4.28. The predicted octanol–water partition coefficient (Wildman–Crippen LogP) is 4.99. The van der Waals surface area contributed by atoms with Gasteiger partial charge in [0.1, 0.15) is 5.78 Å². The molecule has 30 heavy (non-hydrogen) atoms. The lowest BCUT2D eigenvalue weighted by molar-refractivity contribution is -0.137. The first kappa shape index (κ1) is 27.2. The van der Waals surface area contributed by atoms with Crippen molar-refractivity contribution in [3.63, 3.8) is 0 Å². The van der Waals surface area contributed by atoms with E-state index in [1.165, 1.54) is 0 Å². The molecule has 0 spiro atoms. The quantitative estimate of drug-likeness (QED) is 0.217. The molecule has 0 saturated heterocycles. The van der Waals surface area contributed by atoms with E-state index in [0.717, 1.165) is 51.4 Å². The summed E-state index contributed by atoms with van der Waals surface area (Å²) in [4.78, 5) is 23.3. The van der Waals surface area contributed by atoms with Gasteiger partial charge in [-0.05, 0) is 38.5 Å². The zero-order valence-electron chi connectivity index (χ0n) is 18.9. The Hall–Kier alpha value is -0.850. The smallest absolute Gasteiger partial charge is 0.303 e. The number of ketones is 1. The summed E-state index contributed by atoms with van der Waals surface area (Å²) >= 11 is 1.68. The number of carbonyl (C=O) groups excluding carboxylic acids is 1. The van der Waals surface area contributed by atoms with Crippen molar-refractivity contribution in [3.8, 4) is 0 Å². The van der Waals surface area contributed by atoms with Crippen molar-refractivity contribution < 1.29 is 24.9 Å². The molecule has 5 nitrogen and oxygen atoms in total. The number of hydrogen-bond donors (Lipinski definition) is 3. The molecule has 0 radical (unpaired) electrons. The van der Waals surface area contributed by atoms with Gasteiger partial charge in [0, 0.05) is 29.8 Å². The summed E-state index contributed by atoms with van der Waals surface area (Å²) in [5.41, 5.74) is -0.707. The maximum atomic E-state index is 12.7. The lowest BCUT2D eigenvalue weighted by Crippen LogP contribution is -2.23.